The van der Waals surface area contributed by atoms with Crippen LogP contribution in [0.3, 0.4) is 0 Å². The molecule has 0 N–H and O–H groups in total. The molecule has 18 heavy (non-hydrogen) atoms. The van der Waals surface area contributed by atoms with Crippen LogP contribution in [-0.4, -0.2) is 20.4 Å². The molecule has 0 saturated carbocycles. The first-order valence-electron chi connectivity index (χ1n) is 5.11. The minimum absolute atomic E-state index is 0.0671. The number of hydrogen-bond donors (Lipinski definition) is 0. The van der Waals surface area contributed by atoms with Crippen LogP contribution in [0.4, 0.5) is 13.2 Å². The fourth-order valence-electron chi connectivity index (χ4n) is 1.57. The molecule has 0 bridgehead atoms. The second-order valence-electron chi connectivity index (χ2n) is 3.75. The third-order valence-corrected chi connectivity index (χ3v) is 2.46. The Kier molecular flexibility index (Phi) is 2.98. The average Bonchev–Trinajstić information content (AvgIpc) is 2.29. The van der Waals surface area contributed by atoms with Crippen LogP contribution >= 0.6 is 0 Å². The van der Waals surface area contributed by atoms with Crippen molar-refractivity contribution in [2.24, 2.45) is 0 Å². The van der Waals surface area contributed by atoms with Crippen molar-refractivity contribution in [3.63, 3.8) is 0 Å². The number of hydrogen-bond acceptors (Lipinski definition) is 4. The highest BCUT2D eigenvalue weighted by molar-refractivity contribution is 5.61. The molecule has 0 spiro atoms. The van der Waals surface area contributed by atoms with Gasteiger partial charge >= 0.3 is 6.18 Å². The molecule has 0 radical (unpaired) electrons. The molecule has 7 heteroatoms. The van der Waals surface area contributed by atoms with Crippen LogP contribution in [0, 0.1) is 13.8 Å². The van der Waals surface area contributed by atoms with Gasteiger partial charge in [0.15, 0.2) is 5.82 Å². The van der Waals surface area contributed by atoms with Crippen LogP contribution in [0.15, 0.2) is 18.2 Å². The second-order valence-corrected chi connectivity index (χ2v) is 3.75. The molecule has 2 rings (SSSR count). The quantitative estimate of drug-likeness (QED) is 0.784. The predicted molar refractivity (Wildman–Crippen MR) is 57.5 cm³/mol. The number of rotatable bonds is 1. The zero-order valence-electron chi connectivity index (χ0n) is 9.65. The number of nitrogens with zero attached hydrogens (tertiary/aromatic N) is 4. The Morgan fingerprint density at radius 2 is 1.56 bits per heavy atom. The Morgan fingerprint density at radius 1 is 0.944 bits per heavy atom. The van der Waals surface area contributed by atoms with E-state index in [-0.39, 0.29) is 17.0 Å². The summed E-state index contributed by atoms with van der Waals surface area (Å²) >= 11 is 0. The van der Waals surface area contributed by atoms with Gasteiger partial charge in [0.2, 0.25) is 5.82 Å². The van der Waals surface area contributed by atoms with Crippen molar-refractivity contribution in [1.29, 1.82) is 0 Å². The summed E-state index contributed by atoms with van der Waals surface area (Å²) in [6.45, 7) is 2.98. The van der Waals surface area contributed by atoms with Gasteiger partial charge in [-0.1, -0.05) is 12.1 Å². The van der Waals surface area contributed by atoms with Crippen molar-refractivity contribution < 1.29 is 13.2 Å². The first kappa shape index (κ1) is 12.4. The zero-order valence-corrected chi connectivity index (χ0v) is 9.65. The maximum Gasteiger partial charge on any atom is 0.416 e. The van der Waals surface area contributed by atoms with Crippen LogP contribution < -0.4 is 0 Å². The van der Waals surface area contributed by atoms with Crippen LogP contribution in [-0.2, 0) is 6.18 Å². The van der Waals surface area contributed by atoms with Gasteiger partial charge in [0.05, 0.1) is 5.56 Å². The van der Waals surface area contributed by atoms with E-state index in [1.165, 1.54) is 19.1 Å². The number of halogens is 3. The van der Waals surface area contributed by atoms with Gasteiger partial charge in [-0.25, -0.2) is 0 Å². The van der Waals surface area contributed by atoms with Gasteiger partial charge in [0.25, 0.3) is 0 Å². The normalized spacial score (nSPS) is 11.6. The van der Waals surface area contributed by atoms with E-state index >= 15 is 0 Å². The van der Waals surface area contributed by atoms with E-state index in [1.54, 1.807) is 6.92 Å². The summed E-state index contributed by atoms with van der Waals surface area (Å²) in [4.78, 5) is 0. The maximum atomic E-state index is 12.7. The lowest BCUT2D eigenvalue weighted by Gasteiger charge is -2.12. The maximum absolute atomic E-state index is 12.7. The first-order valence-corrected chi connectivity index (χ1v) is 5.11. The van der Waals surface area contributed by atoms with E-state index in [2.05, 4.69) is 20.4 Å². The molecule has 4 nitrogen and oxygen atoms in total. The average molecular weight is 254 g/mol. The van der Waals surface area contributed by atoms with Gasteiger partial charge in [0.1, 0.15) is 0 Å². The smallest absolute Gasteiger partial charge is 0.166 e. The molecule has 0 atom stereocenters. The largest absolute Gasteiger partial charge is 0.416 e. The lowest BCUT2D eigenvalue weighted by molar-refractivity contribution is -0.138. The van der Waals surface area contributed by atoms with Crippen molar-refractivity contribution in [3.05, 3.63) is 35.2 Å². The molecule has 1 aromatic heterocycles. The highest BCUT2D eigenvalue weighted by Gasteiger charge is 2.33. The van der Waals surface area contributed by atoms with E-state index in [1.807, 2.05) is 0 Å². The summed E-state index contributed by atoms with van der Waals surface area (Å²) in [5.41, 5.74) is -0.355. The lowest BCUT2D eigenvalue weighted by Crippen LogP contribution is -2.09. The monoisotopic (exact) mass is 254 g/mol. The van der Waals surface area contributed by atoms with E-state index in [0.717, 1.165) is 6.07 Å². The Hall–Kier alpha value is -2.05. The molecule has 2 aromatic rings. The Bertz CT molecular complexity index is 563. The Balaban J connectivity index is 2.56. The molecule has 0 aliphatic rings. The molecule has 94 valence electrons. The number of alkyl halides is 3. The van der Waals surface area contributed by atoms with E-state index in [0.29, 0.717) is 5.82 Å². The fourth-order valence-corrected chi connectivity index (χ4v) is 1.57. The molecule has 0 amide bonds. The first-order chi connectivity index (χ1) is 8.39. The third kappa shape index (κ3) is 2.29. The molecular weight excluding hydrogens is 245 g/mol. The van der Waals surface area contributed by atoms with Crippen LogP contribution in [0.2, 0.25) is 0 Å². The summed E-state index contributed by atoms with van der Waals surface area (Å²) in [7, 11) is 0. The van der Waals surface area contributed by atoms with Gasteiger partial charge in [-0.3, -0.25) is 0 Å². The molecule has 0 unspecified atom stereocenters. The van der Waals surface area contributed by atoms with Crippen molar-refractivity contribution in [2.75, 3.05) is 0 Å². The minimum Gasteiger partial charge on any atom is -0.166 e. The van der Waals surface area contributed by atoms with E-state index in [4.69, 9.17) is 0 Å². The summed E-state index contributed by atoms with van der Waals surface area (Å²) in [5, 5.41) is 14.9. The standard InChI is InChI=1S/C11H9F3N4/c1-6-8(10-17-15-7(2)16-18-10)4-3-5-9(6)11(12,13)14/h3-5H,1-2H3. The molecule has 1 heterocycles. The summed E-state index contributed by atoms with van der Waals surface area (Å²) in [6.07, 6.45) is -4.40. The molecule has 0 saturated heterocycles. The van der Waals surface area contributed by atoms with Gasteiger partial charge < -0.3 is 0 Å². The topological polar surface area (TPSA) is 51.6 Å². The van der Waals surface area contributed by atoms with Crippen molar-refractivity contribution >= 4 is 0 Å². The highest BCUT2D eigenvalue weighted by Crippen LogP contribution is 2.34. The van der Waals surface area contributed by atoms with Crippen LogP contribution in [0.1, 0.15) is 17.0 Å². The van der Waals surface area contributed by atoms with Gasteiger partial charge in [-0.05, 0) is 25.5 Å². The van der Waals surface area contributed by atoms with E-state index < -0.39 is 11.7 Å². The highest BCUT2D eigenvalue weighted by atomic mass is 19.4. The van der Waals surface area contributed by atoms with Crippen molar-refractivity contribution in [1.82, 2.24) is 20.4 Å². The van der Waals surface area contributed by atoms with Crippen LogP contribution in [0.25, 0.3) is 11.4 Å². The van der Waals surface area contributed by atoms with Gasteiger partial charge in [0, 0.05) is 5.56 Å². The predicted octanol–water partition coefficient (Wildman–Crippen LogP) is 2.57. The molecule has 0 fully saturated rings. The summed E-state index contributed by atoms with van der Waals surface area (Å²) < 4.78 is 38.2. The summed E-state index contributed by atoms with van der Waals surface area (Å²) in [5.74, 6) is 0.451. The fraction of sp³-hybridized carbons (Fsp3) is 0.273. The SMILES string of the molecule is Cc1nnc(-c2cccc(C(F)(F)F)c2C)nn1. The number of aryl methyl sites for hydroxylation is 1. The Labute approximate surface area is 101 Å². The molecule has 0 aliphatic heterocycles. The Morgan fingerprint density at radius 3 is 2.11 bits per heavy atom. The number of benzene rings is 1. The van der Waals surface area contributed by atoms with Gasteiger partial charge in [-0.2, -0.15) is 13.2 Å². The lowest BCUT2D eigenvalue weighted by atomic mass is 10.0. The van der Waals surface area contributed by atoms with Gasteiger partial charge in [-0.15, -0.1) is 20.4 Å². The van der Waals surface area contributed by atoms with E-state index in [9.17, 15) is 13.2 Å². The summed E-state index contributed by atoms with van der Waals surface area (Å²) in [6, 6.07) is 3.85. The molecule has 0 aliphatic carbocycles. The third-order valence-electron chi connectivity index (χ3n) is 2.46. The molecule has 1 aromatic carbocycles. The minimum atomic E-state index is -4.40. The second kappa shape index (κ2) is 4.32. The molecular formula is C11H9F3N4. The zero-order chi connectivity index (χ0) is 13.3. The van der Waals surface area contributed by atoms with Crippen molar-refractivity contribution in [2.45, 2.75) is 20.0 Å². The number of aromatic nitrogens is 4. The van der Waals surface area contributed by atoms with Crippen molar-refractivity contribution in [3.8, 4) is 11.4 Å². The van der Waals surface area contributed by atoms with Crippen LogP contribution in [0.5, 0.6) is 0 Å².